The van der Waals surface area contributed by atoms with Crippen molar-refractivity contribution < 1.29 is 22.2 Å². The molecular weight excluding hydrogens is 266 g/mol. The molecule has 0 fully saturated rings. The van der Waals surface area contributed by atoms with Gasteiger partial charge >= 0.3 is 0 Å². The molecule has 8 heteroatoms. The second-order valence-electron chi connectivity index (χ2n) is 3.41. The summed E-state index contributed by atoms with van der Waals surface area (Å²) in [6, 6.07) is 2.68. The van der Waals surface area contributed by atoms with Gasteiger partial charge in [0.15, 0.2) is 0 Å². The van der Waals surface area contributed by atoms with E-state index in [0.29, 0.717) is 12.2 Å². The van der Waals surface area contributed by atoms with Gasteiger partial charge in [0.05, 0.1) is 0 Å². The molecule has 2 N–H and O–H groups in total. The maximum absolute atomic E-state index is 11.6. The van der Waals surface area contributed by atoms with Gasteiger partial charge in [0.1, 0.15) is 12.4 Å². The van der Waals surface area contributed by atoms with Crippen LogP contribution in [0.2, 0.25) is 0 Å². The first kappa shape index (κ1) is 14.4. The Labute approximate surface area is 103 Å². The summed E-state index contributed by atoms with van der Waals surface area (Å²) >= 11 is 0. The van der Waals surface area contributed by atoms with Gasteiger partial charge in [-0.15, -0.1) is 0 Å². The Morgan fingerprint density at radius 1 is 1.47 bits per heavy atom. The topological polar surface area (TPSA) is 96.6 Å². The number of rotatable bonds is 7. The summed E-state index contributed by atoms with van der Waals surface area (Å²) in [5, 5.41) is 8.53. The Hall–Kier alpha value is -0.700. The summed E-state index contributed by atoms with van der Waals surface area (Å²) < 4.78 is 41.3. The van der Waals surface area contributed by atoms with E-state index < -0.39 is 20.8 Å². The summed E-state index contributed by atoms with van der Waals surface area (Å²) in [6.45, 7) is -0.137. The van der Waals surface area contributed by atoms with E-state index in [4.69, 9.17) is 9.52 Å². The van der Waals surface area contributed by atoms with E-state index >= 15 is 0 Å². The first-order chi connectivity index (χ1) is 7.95. The first-order valence-corrected chi connectivity index (χ1v) is 8.16. The Morgan fingerprint density at radius 3 is 2.71 bits per heavy atom. The smallest absolute Gasteiger partial charge is 0.273 e. The van der Waals surface area contributed by atoms with Gasteiger partial charge in [0.2, 0.25) is 5.09 Å². The molecule has 17 heavy (non-hydrogen) atoms. The number of aliphatic hydroxyl groups excluding tert-OH is 1. The highest BCUT2D eigenvalue weighted by Crippen LogP contribution is 2.13. The lowest BCUT2D eigenvalue weighted by Crippen LogP contribution is -2.25. The predicted octanol–water partition coefficient (Wildman–Crippen LogP) is -0.181. The number of nitrogens with one attached hydrogen (secondary N) is 1. The molecule has 0 spiro atoms. The third-order valence-corrected chi connectivity index (χ3v) is 4.16. The fourth-order valence-electron chi connectivity index (χ4n) is 1.14. The zero-order valence-corrected chi connectivity index (χ0v) is 11.0. The van der Waals surface area contributed by atoms with Gasteiger partial charge in [-0.05, 0) is 18.6 Å². The van der Waals surface area contributed by atoms with Gasteiger partial charge in [-0.2, -0.15) is 0 Å². The van der Waals surface area contributed by atoms with Crippen molar-refractivity contribution in [1.82, 2.24) is 4.72 Å². The molecule has 0 saturated carbocycles. The average molecular weight is 281 g/mol. The normalized spacial score (nSPS) is 13.8. The number of aliphatic hydroxyl groups is 1. The van der Waals surface area contributed by atoms with Crippen LogP contribution in [0.1, 0.15) is 12.2 Å². The Balaban J connectivity index is 2.53. The first-order valence-electron chi connectivity index (χ1n) is 4.95. The van der Waals surface area contributed by atoms with E-state index in [1.165, 1.54) is 12.1 Å². The molecule has 98 valence electrons. The quantitative estimate of drug-likeness (QED) is 0.676. The summed E-state index contributed by atoms with van der Waals surface area (Å²) in [6.07, 6.45) is 2.06. The highest BCUT2D eigenvalue weighted by molar-refractivity contribution is 7.89. The molecule has 0 aliphatic rings. The lowest BCUT2D eigenvalue weighted by Gasteiger charge is -2.03. The summed E-state index contributed by atoms with van der Waals surface area (Å²) in [5.41, 5.74) is 0. The van der Waals surface area contributed by atoms with Crippen molar-refractivity contribution in [3.05, 3.63) is 17.9 Å². The van der Waals surface area contributed by atoms with Crippen LogP contribution in [-0.2, 0) is 27.4 Å². The van der Waals surface area contributed by atoms with Crippen LogP contribution in [-0.4, -0.2) is 36.3 Å². The third-order valence-electron chi connectivity index (χ3n) is 1.96. The molecule has 0 bridgehead atoms. The number of sulfonamides is 1. The highest BCUT2D eigenvalue weighted by atomic mass is 32.2. The maximum atomic E-state index is 11.6. The average Bonchev–Trinajstić information content (AvgIpc) is 2.73. The molecule has 1 aromatic rings. The molecule has 1 aromatic heterocycles. The maximum Gasteiger partial charge on any atom is 0.273 e. The van der Waals surface area contributed by atoms with Crippen LogP contribution in [0.15, 0.2) is 21.6 Å². The Morgan fingerprint density at radius 2 is 2.18 bits per heavy atom. The van der Waals surface area contributed by atoms with Crippen LogP contribution in [0.3, 0.4) is 0 Å². The van der Waals surface area contributed by atoms with E-state index in [9.17, 15) is 12.6 Å². The Bertz CT molecular complexity index is 479. The molecule has 1 rings (SSSR count). The van der Waals surface area contributed by atoms with Gasteiger partial charge in [-0.3, -0.25) is 4.21 Å². The van der Waals surface area contributed by atoms with Crippen LogP contribution in [0.5, 0.6) is 0 Å². The molecule has 1 heterocycles. The van der Waals surface area contributed by atoms with E-state index in [-0.39, 0.29) is 24.0 Å². The van der Waals surface area contributed by atoms with Gasteiger partial charge in [-0.1, -0.05) is 0 Å². The molecule has 0 aliphatic carbocycles. The molecule has 1 unspecified atom stereocenters. The zero-order chi connectivity index (χ0) is 12.9. The van der Waals surface area contributed by atoms with Crippen molar-refractivity contribution in [3.8, 4) is 0 Å². The monoisotopic (exact) mass is 281 g/mol. The number of hydrogen-bond acceptors (Lipinski definition) is 5. The fourth-order valence-corrected chi connectivity index (χ4v) is 2.71. The third kappa shape index (κ3) is 4.58. The Kier molecular flexibility index (Phi) is 5.31. The van der Waals surface area contributed by atoms with Gasteiger partial charge in [-0.25, -0.2) is 13.1 Å². The SMILES string of the molecule is CS(=O)CCCNS(=O)(=O)c1ccc(CO)o1. The van der Waals surface area contributed by atoms with E-state index in [2.05, 4.69) is 4.72 Å². The molecule has 0 radical (unpaired) electrons. The summed E-state index contributed by atoms with van der Waals surface area (Å²) in [5.74, 6) is 0.641. The minimum absolute atomic E-state index is 0.194. The molecule has 0 saturated heterocycles. The van der Waals surface area contributed by atoms with E-state index in [0.717, 1.165) is 0 Å². The zero-order valence-electron chi connectivity index (χ0n) is 9.38. The van der Waals surface area contributed by atoms with Gasteiger partial charge < -0.3 is 9.52 Å². The van der Waals surface area contributed by atoms with E-state index in [1.54, 1.807) is 6.26 Å². The van der Waals surface area contributed by atoms with E-state index in [1.807, 2.05) is 0 Å². The highest BCUT2D eigenvalue weighted by Gasteiger charge is 2.17. The summed E-state index contributed by atoms with van der Waals surface area (Å²) in [4.78, 5) is 0. The van der Waals surface area contributed by atoms with Crippen molar-refractivity contribution in [2.75, 3.05) is 18.6 Å². The van der Waals surface area contributed by atoms with Crippen molar-refractivity contribution in [3.63, 3.8) is 0 Å². The molecule has 6 nitrogen and oxygen atoms in total. The lowest BCUT2D eigenvalue weighted by molar-refractivity contribution is 0.236. The molecule has 0 aromatic carbocycles. The molecule has 0 amide bonds. The summed E-state index contributed by atoms with van der Waals surface area (Å²) in [7, 11) is -4.60. The van der Waals surface area contributed by atoms with Crippen LogP contribution in [0, 0.1) is 0 Å². The molecule has 1 atom stereocenters. The molecular formula is C9H15NO5S2. The largest absolute Gasteiger partial charge is 0.446 e. The van der Waals surface area contributed by atoms with Crippen molar-refractivity contribution in [2.45, 2.75) is 18.1 Å². The van der Waals surface area contributed by atoms with Crippen LogP contribution < -0.4 is 4.72 Å². The van der Waals surface area contributed by atoms with Gasteiger partial charge in [0, 0.05) is 29.4 Å². The minimum atomic E-state index is -3.67. The number of hydrogen-bond donors (Lipinski definition) is 2. The molecule has 0 aliphatic heterocycles. The van der Waals surface area contributed by atoms with Gasteiger partial charge in [0.25, 0.3) is 10.0 Å². The minimum Gasteiger partial charge on any atom is -0.446 e. The second-order valence-corrected chi connectivity index (χ2v) is 6.66. The van der Waals surface area contributed by atoms with Crippen molar-refractivity contribution >= 4 is 20.8 Å². The van der Waals surface area contributed by atoms with Crippen molar-refractivity contribution in [2.24, 2.45) is 0 Å². The number of furan rings is 1. The standard InChI is InChI=1S/C9H15NO5S2/c1-16(12)6-2-5-10-17(13,14)9-4-3-8(7-11)15-9/h3-4,10-11H,2,5-7H2,1H3. The van der Waals surface area contributed by atoms with Crippen LogP contribution >= 0.6 is 0 Å². The van der Waals surface area contributed by atoms with Crippen molar-refractivity contribution in [1.29, 1.82) is 0 Å². The van der Waals surface area contributed by atoms with Crippen LogP contribution in [0.25, 0.3) is 0 Å². The lowest BCUT2D eigenvalue weighted by atomic mass is 10.5. The predicted molar refractivity (Wildman–Crippen MR) is 63.4 cm³/mol. The second kappa shape index (κ2) is 6.29. The fraction of sp³-hybridized carbons (Fsp3) is 0.556. The van der Waals surface area contributed by atoms with Crippen LogP contribution in [0.4, 0.5) is 0 Å².